The predicted octanol–water partition coefficient (Wildman–Crippen LogP) is 1.84. The number of hydrogen-bond donors (Lipinski definition) is 0. The molecule has 0 bridgehead atoms. The SMILES string of the molecule is C#CCCCN(C)C1CCSC1. The molecule has 0 amide bonds. The van der Waals surface area contributed by atoms with Crippen LogP contribution in [0.4, 0.5) is 0 Å². The Bertz CT molecular complexity index is 156. The Morgan fingerprint density at radius 2 is 2.50 bits per heavy atom. The first-order chi connectivity index (χ1) is 5.84. The van der Waals surface area contributed by atoms with Gasteiger partial charge in [0.2, 0.25) is 0 Å². The van der Waals surface area contributed by atoms with Crippen LogP contribution in [0, 0.1) is 12.3 Å². The summed E-state index contributed by atoms with van der Waals surface area (Å²) in [4.78, 5) is 2.46. The van der Waals surface area contributed by atoms with Gasteiger partial charge in [-0.2, -0.15) is 11.8 Å². The molecule has 0 N–H and O–H groups in total. The van der Waals surface area contributed by atoms with Gasteiger partial charge in [-0.05, 0) is 32.2 Å². The molecule has 0 aliphatic carbocycles. The minimum absolute atomic E-state index is 0.813. The average molecular weight is 183 g/mol. The number of hydrogen-bond acceptors (Lipinski definition) is 2. The Labute approximate surface area is 79.9 Å². The summed E-state index contributed by atoms with van der Waals surface area (Å²) in [7, 11) is 2.22. The maximum atomic E-state index is 5.20. The van der Waals surface area contributed by atoms with Gasteiger partial charge in [0.1, 0.15) is 0 Å². The second-order valence-electron chi connectivity index (χ2n) is 3.31. The first-order valence-corrected chi connectivity index (χ1v) is 5.71. The molecular weight excluding hydrogens is 166 g/mol. The molecule has 1 nitrogen and oxygen atoms in total. The molecule has 12 heavy (non-hydrogen) atoms. The summed E-state index contributed by atoms with van der Waals surface area (Å²) in [5, 5.41) is 0. The van der Waals surface area contributed by atoms with Crippen LogP contribution < -0.4 is 0 Å². The van der Waals surface area contributed by atoms with Gasteiger partial charge in [0, 0.05) is 18.2 Å². The van der Waals surface area contributed by atoms with Gasteiger partial charge in [-0.3, -0.25) is 0 Å². The molecule has 1 saturated heterocycles. The molecule has 0 aromatic heterocycles. The van der Waals surface area contributed by atoms with E-state index in [9.17, 15) is 0 Å². The third-order valence-corrected chi connectivity index (χ3v) is 3.51. The third-order valence-electron chi connectivity index (χ3n) is 2.36. The van der Waals surface area contributed by atoms with Crippen LogP contribution in [0.3, 0.4) is 0 Å². The van der Waals surface area contributed by atoms with Crippen molar-refractivity contribution in [2.24, 2.45) is 0 Å². The molecular formula is C10H17NS. The van der Waals surface area contributed by atoms with E-state index in [1.165, 1.54) is 17.9 Å². The zero-order chi connectivity index (χ0) is 8.81. The van der Waals surface area contributed by atoms with Gasteiger partial charge in [0.25, 0.3) is 0 Å². The summed E-state index contributed by atoms with van der Waals surface area (Å²) in [5.74, 6) is 5.33. The van der Waals surface area contributed by atoms with Gasteiger partial charge in [0.05, 0.1) is 0 Å². The van der Waals surface area contributed by atoms with Crippen LogP contribution in [-0.4, -0.2) is 36.0 Å². The molecule has 0 radical (unpaired) electrons. The van der Waals surface area contributed by atoms with Crippen LogP contribution in [0.5, 0.6) is 0 Å². The van der Waals surface area contributed by atoms with Crippen molar-refractivity contribution in [3.05, 3.63) is 0 Å². The Kier molecular flexibility index (Phi) is 4.57. The van der Waals surface area contributed by atoms with Gasteiger partial charge >= 0.3 is 0 Å². The second-order valence-corrected chi connectivity index (χ2v) is 4.46. The topological polar surface area (TPSA) is 3.24 Å². The fraction of sp³-hybridized carbons (Fsp3) is 0.800. The minimum Gasteiger partial charge on any atom is -0.303 e. The highest BCUT2D eigenvalue weighted by Gasteiger charge is 2.18. The Hall–Kier alpha value is -0.130. The van der Waals surface area contributed by atoms with E-state index in [0.717, 1.165) is 25.4 Å². The normalized spacial score (nSPS) is 22.9. The van der Waals surface area contributed by atoms with Crippen molar-refractivity contribution in [1.29, 1.82) is 0 Å². The molecule has 1 aliphatic rings. The average Bonchev–Trinajstić information content (AvgIpc) is 2.56. The van der Waals surface area contributed by atoms with Crippen LogP contribution in [0.15, 0.2) is 0 Å². The summed E-state index contributed by atoms with van der Waals surface area (Å²) < 4.78 is 0. The first-order valence-electron chi connectivity index (χ1n) is 4.56. The standard InChI is InChI=1S/C10H17NS/c1-3-4-5-7-11(2)10-6-8-12-9-10/h1,10H,4-9H2,2H3. The minimum atomic E-state index is 0.813. The van der Waals surface area contributed by atoms with E-state index in [4.69, 9.17) is 6.42 Å². The quantitative estimate of drug-likeness (QED) is 0.483. The first kappa shape index (κ1) is 9.95. The molecule has 1 rings (SSSR count). The Morgan fingerprint density at radius 1 is 1.67 bits per heavy atom. The number of rotatable bonds is 4. The highest BCUT2D eigenvalue weighted by atomic mass is 32.2. The van der Waals surface area contributed by atoms with E-state index in [1.54, 1.807) is 0 Å². The lowest BCUT2D eigenvalue weighted by molar-refractivity contribution is 0.260. The van der Waals surface area contributed by atoms with Crippen molar-refractivity contribution in [1.82, 2.24) is 4.90 Å². The van der Waals surface area contributed by atoms with Crippen molar-refractivity contribution in [2.45, 2.75) is 25.3 Å². The molecule has 68 valence electrons. The largest absolute Gasteiger partial charge is 0.303 e. The van der Waals surface area contributed by atoms with Gasteiger partial charge in [-0.15, -0.1) is 12.3 Å². The number of unbranched alkanes of at least 4 members (excludes halogenated alkanes) is 1. The lowest BCUT2D eigenvalue weighted by atomic mass is 10.2. The van der Waals surface area contributed by atoms with E-state index in [-0.39, 0.29) is 0 Å². The summed E-state index contributed by atoms with van der Waals surface area (Å²) in [6.45, 7) is 1.16. The van der Waals surface area contributed by atoms with E-state index in [0.29, 0.717) is 0 Å². The van der Waals surface area contributed by atoms with E-state index in [2.05, 4.69) is 29.6 Å². The van der Waals surface area contributed by atoms with Gasteiger partial charge in [-0.1, -0.05) is 0 Å². The van der Waals surface area contributed by atoms with Crippen molar-refractivity contribution in [3.8, 4) is 12.3 Å². The molecule has 1 heterocycles. The molecule has 2 heteroatoms. The van der Waals surface area contributed by atoms with Crippen molar-refractivity contribution in [3.63, 3.8) is 0 Å². The molecule has 0 aromatic rings. The lowest BCUT2D eigenvalue weighted by Crippen LogP contribution is -2.32. The molecule has 0 spiro atoms. The molecule has 1 aliphatic heterocycles. The highest BCUT2D eigenvalue weighted by molar-refractivity contribution is 7.99. The number of terminal acetylenes is 1. The third kappa shape index (κ3) is 3.08. The van der Waals surface area contributed by atoms with Gasteiger partial charge in [-0.25, -0.2) is 0 Å². The maximum Gasteiger partial charge on any atom is 0.0191 e. The van der Waals surface area contributed by atoms with Crippen LogP contribution in [-0.2, 0) is 0 Å². The molecule has 0 aromatic carbocycles. The predicted molar refractivity (Wildman–Crippen MR) is 56.4 cm³/mol. The number of thioether (sulfide) groups is 1. The monoisotopic (exact) mass is 183 g/mol. The molecule has 0 saturated carbocycles. The maximum absolute atomic E-state index is 5.20. The summed E-state index contributed by atoms with van der Waals surface area (Å²) in [5.41, 5.74) is 0. The fourth-order valence-electron chi connectivity index (χ4n) is 1.48. The highest BCUT2D eigenvalue weighted by Crippen LogP contribution is 2.21. The van der Waals surface area contributed by atoms with Gasteiger partial charge < -0.3 is 4.90 Å². The summed E-state index contributed by atoms with van der Waals surface area (Å²) in [6.07, 6.45) is 8.62. The zero-order valence-corrected chi connectivity index (χ0v) is 8.57. The van der Waals surface area contributed by atoms with Crippen molar-refractivity contribution >= 4 is 11.8 Å². The second kappa shape index (κ2) is 5.50. The molecule has 1 atom stereocenters. The van der Waals surface area contributed by atoms with Crippen LogP contribution in [0.25, 0.3) is 0 Å². The smallest absolute Gasteiger partial charge is 0.0191 e. The number of nitrogens with zero attached hydrogens (tertiary/aromatic N) is 1. The van der Waals surface area contributed by atoms with Crippen molar-refractivity contribution in [2.75, 3.05) is 25.1 Å². The Balaban J connectivity index is 2.10. The van der Waals surface area contributed by atoms with E-state index < -0.39 is 0 Å². The van der Waals surface area contributed by atoms with Crippen LogP contribution in [0.1, 0.15) is 19.3 Å². The van der Waals surface area contributed by atoms with E-state index in [1.807, 2.05) is 0 Å². The van der Waals surface area contributed by atoms with E-state index >= 15 is 0 Å². The van der Waals surface area contributed by atoms with Gasteiger partial charge in [0.15, 0.2) is 0 Å². The fourth-order valence-corrected chi connectivity index (χ4v) is 2.78. The lowest BCUT2D eigenvalue weighted by Gasteiger charge is -2.22. The van der Waals surface area contributed by atoms with Crippen LogP contribution in [0.2, 0.25) is 0 Å². The molecule has 1 fully saturated rings. The van der Waals surface area contributed by atoms with Crippen molar-refractivity contribution < 1.29 is 0 Å². The van der Waals surface area contributed by atoms with Crippen LogP contribution >= 0.6 is 11.8 Å². The zero-order valence-electron chi connectivity index (χ0n) is 7.75. The Morgan fingerprint density at radius 3 is 3.08 bits per heavy atom. The summed E-state index contributed by atoms with van der Waals surface area (Å²) in [6, 6.07) is 0.813. The molecule has 1 unspecified atom stereocenters. The summed E-state index contributed by atoms with van der Waals surface area (Å²) >= 11 is 2.07.